The first-order chi connectivity index (χ1) is 15.2. The van der Waals surface area contributed by atoms with Gasteiger partial charge in [0.2, 0.25) is 0 Å². The number of carbonyl (C=O) groups excluding carboxylic acids is 2. The molecule has 4 rings (SSSR count). The van der Waals surface area contributed by atoms with Gasteiger partial charge in [0.15, 0.2) is 0 Å². The summed E-state index contributed by atoms with van der Waals surface area (Å²) in [6.07, 6.45) is 2.04. The maximum Gasteiger partial charge on any atom is 0.330 e. The van der Waals surface area contributed by atoms with Crippen molar-refractivity contribution in [2.24, 2.45) is 0 Å². The topological polar surface area (TPSA) is 58.6 Å². The number of urea groups is 1. The zero-order valence-corrected chi connectivity index (χ0v) is 17.3. The van der Waals surface area contributed by atoms with Gasteiger partial charge in [0.05, 0.1) is 25.4 Å². The smallest absolute Gasteiger partial charge is 0.330 e. The van der Waals surface area contributed by atoms with Crippen LogP contribution in [0.3, 0.4) is 0 Å². The van der Waals surface area contributed by atoms with Gasteiger partial charge in [0, 0.05) is 11.6 Å². The van der Waals surface area contributed by atoms with Crippen LogP contribution in [-0.2, 0) is 22.5 Å². The first-order valence-corrected chi connectivity index (χ1v) is 10.2. The second-order valence-electron chi connectivity index (χ2n) is 7.40. The highest BCUT2D eigenvalue weighted by Gasteiger charge is 2.31. The fourth-order valence-electron chi connectivity index (χ4n) is 3.85. The Morgan fingerprint density at radius 2 is 1.55 bits per heavy atom. The number of amides is 2. The van der Waals surface area contributed by atoms with Crippen LogP contribution in [0.15, 0.2) is 91.0 Å². The number of fused-ring (bicyclic) bond motifs is 1. The molecule has 1 atom stereocenters. The molecule has 1 heterocycles. The van der Waals surface area contributed by atoms with Crippen molar-refractivity contribution < 1.29 is 14.3 Å². The van der Waals surface area contributed by atoms with Gasteiger partial charge >= 0.3 is 12.0 Å². The lowest BCUT2D eigenvalue weighted by Crippen LogP contribution is -2.43. The van der Waals surface area contributed by atoms with Crippen LogP contribution in [-0.4, -0.2) is 25.2 Å². The predicted molar refractivity (Wildman–Crippen MR) is 122 cm³/mol. The maximum atomic E-state index is 13.4. The summed E-state index contributed by atoms with van der Waals surface area (Å²) in [5, 5.41) is 3.14. The number of rotatable bonds is 5. The van der Waals surface area contributed by atoms with E-state index in [0.717, 1.165) is 28.0 Å². The molecule has 3 aromatic rings. The highest BCUT2D eigenvalue weighted by atomic mass is 16.5. The highest BCUT2D eigenvalue weighted by molar-refractivity contribution is 6.03. The number of benzene rings is 3. The Labute approximate surface area is 182 Å². The number of hydrogen-bond donors (Lipinski definition) is 1. The lowest BCUT2D eigenvalue weighted by Gasteiger charge is -2.23. The molecule has 1 N–H and O–H groups in total. The molecule has 0 spiro atoms. The van der Waals surface area contributed by atoms with E-state index in [2.05, 4.69) is 5.32 Å². The van der Waals surface area contributed by atoms with E-state index >= 15 is 0 Å². The molecular formula is C26H24N2O3. The number of hydrogen-bond acceptors (Lipinski definition) is 3. The normalized spacial score (nSPS) is 16.9. The summed E-state index contributed by atoms with van der Waals surface area (Å²) in [6, 6.07) is 26.9. The molecule has 0 aromatic heterocycles. The van der Waals surface area contributed by atoms with Gasteiger partial charge < -0.3 is 10.1 Å². The molecule has 156 valence electrons. The molecule has 0 fully saturated rings. The monoisotopic (exact) mass is 412 g/mol. The van der Waals surface area contributed by atoms with Crippen LogP contribution in [0.4, 0.5) is 10.5 Å². The molecule has 5 heteroatoms. The van der Waals surface area contributed by atoms with Gasteiger partial charge in [-0.1, -0.05) is 78.9 Å². The van der Waals surface area contributed by atoms with Crippen LogP contribution in [0.25, 0.3) is 5.57 Å². The van der Waals surface area contributed by atoms with Crippen molar-refractivity contribution in [3.63, 3.8) is 0 Å². The zero-order chi connectivity index (χ0) is 21.6. The van der Waals surface area contributed by atoms with Gasteiger partial charge in [-0.3, -0.25) is 4.90 Å². The van der Waals surface area contributed by atoms with Crippen LogP contribution in [0.2, 0.25) is 0 Å². The van der Waals surface area contributed by atoms with E-state index in [1.165, 1.54) is 13.2 Å². The quantitative estimate of drug-likeness (QED) is 0.493. The van der Waals surface area contributed by atoms with E-state index in [0.29, 0.717) is 13.0 Å². The third-order valence-electron chi connectivity index (χ3n) is 5.36. The molecule has 0 radical (unpaired) electrons. The van der Waals surface area contributed by atoms with Crippen LogP contribution in [0.5, 0.6) is 0 Å². The Bertz CT molecular complexity index is 1090. The predicted octanol–water partition coefficient (Wildman–Crippen LogP) is 4.58. The Balaban J connectivity index is 1.80. The van der Waals surface area contributed by atoms with E-state index in [-0.39, 0.29) is 12.1 Å². The van der Waals surface area contributed by atoms with Gasteiger partial charge in [-0.15, -0.1) is 0 Å². The number of para-hydroxylation sites is 1. The molecule has 2 amide bonds. The molecule has 0 saturated heterocycles. The first-order valence-electron chi connectivity index (χ1n) is 10.2. The fourth-order valence-corrected chi connectivity index (χ4v) is 3.85. The summed E-state index contributed by atoms with van der Waals surface area (Å²) >= 11 is 0. The molecule has 1 aliphatic rings. The van der Waals surface area contributed by atoms with Gasteiger partial charge in [-0.05, 0) is 29.2 Å². The molecule has 5 nitrogen and oxygen atoms in total. The van der Waals surface area contributed by atoms with E-state index in [1.54, 1.807) is 4.90 Å². The standard InChI is InChI=1S/C26H24N2O3/c1-31-25(29)17-22-21-14-8-9-15-24(21)28(18-20-12-6-3-7-13-20)26(30)27-23(22)16-19-10-4-2-5-11-19/h2-15,17,23H,16,18H2,1H3,(H,27,30)/b22-17+/t23-/m1/s1. The summed E-state index contributed by atoms with van der Waals surface area (Å²) < 4.78 is 4.92. The maximum absolute atomic E-state index is 13.4. The van der Waals surface area contributed by atoms with Gasteiger partial charge in [0.25, 0.3) is 0 Å². The second kappa shape index (κ2) is 9.30. The van der Waals surface area contributed by atoms with Gasteiger partial charge in [0.1, 0.15) is 0 Å². The first kappa shape index (κ1) is 20.4. The van der Waals surface area contributed by atoms with Crippen molar-refractivity contribution in [3.05, 3.63) is 108 Å². The highest BCUT2D eigenvalue weighted by Crippen LogP contribution is 2.34. The molecule has 0 aliphatic carbocycles. The lowest BCUT2D eigenvalue weighted by atomic mass is 9.92. The minimum absolute atomic E-state index is 0.203. The minimum Gasteiger partial charge on any atom is -0.466 e. The number of carbonyl (C=O) groups is 2. The Kier molecular flexibility index (Phi) is 6.13. The van der Waals surface area contributed by atoms with Crippen molar-refractivity contribution in [2.45, 2.75) is 19.0 Å². The second-order valence-corrected chi connectivity index (χ2v) is 7.40. The Morgan fingerprint density at radius 3 is 2.23 bits per heavy atom. The third-order valence-corrected chi connectivity index (χ3v) is 5.36. The van der Waals surface area contributed by atoms with Crippen LogP contribution < -0.4 is 10.2 Å². The summed E-state index contributed by atoms with van der Waals surface area (Å²) in [5.74, 6) is -0.450. The molecular weight excluding hydrogens is 388 g/mol. The summed E-state index contributed by atoms with van der Waals surface area (Å²) in [5.41, 5.74) is 4.41. The Morgan fingerprint density at radius 1 is 0.935 bits per heavy atom. The molecule has 31 heavy (non-hydrogen) atoms. The summed E-state index contributed by atoms with van der Waals surface area (Å²) in [7, 11) is 1.36. The van der Waals surface area contributed by atoms with Crippen LogP contribution >= 0.6 is 0 Å². The van der Waals surface area contributed by atoms with Crippen LogP contribution in [0, 0.1) is 0 Å². The zero-order valence-electron chi connectivity index (χ0n) is 17.3. The number of methoxy groups -OCH3 is 1. The van der Waals surface area contributed by atoms with E-state index in [9.17, 15) is 9.59 Å². The largest absolute Gasteiger partial charge is 0.466 e. The summed E-state index contributed by atoms with van der Waals surface area (Å²) in [6.45, 7) is 0.424. The molecule has 1 aliphatic heterocycles. The number of anilines is 1. The number of ether oxygens (including phenoxy) is 1. The SMILES string of the molecule is COC(=O)/C=C1\c2ccccc2N(Cc2ccccc2)C(=O)N[C@@H]1Cc1ccccc1. The molecule has 0 bridgehead atoms. The minimum atomic E-state index is -0.450. The van der Waals surface area contributed by atoms with Crippen molar-refractivity contribution in [2.75, 3.05) is 12.0 Å². The lowest BCUT2D eigenvalue weighted by molar-refractivity contribution is -0.134. The molecule has 3 aromatic carbocycles. The average molecular weight is 412 g/mol. The van der Waals surface area contributed by atoms with Gasteiger partial charge in [-0.25, -0.2) is 9.59 Å². The summed E-state index contributed by atoms with van der Waals surface area (Å²) in [4.78, 5) is 27.3. The van der Waals surface area contributed by atoms with Crippen LogP contribution in [0.1, 0.15) is 16.7 Å². The van der Waals surface area contributed by atoms with E-state index in [4.69, 9.17) is 4.74 Å². The average Bonchev–Trinajstić information content (AvgIpc) is 2.91. The van der Waals surface area contributed by atoms with Crippen molar-refractivity contribution in [3.8, 4) is 0 Å². The van der Waals surface area contributed by atoms with Crippen molar-refractivity contribution >= 4 is 23.3 Å². The van der Waals surface area contributed by atoms with E-state index < -0.39 is 5.97 Å². The number of nitrogens with zero attached hydrogens (tertiary/aromatic N) is 1. The van der Waals surface area contributed by atoms with E-state index in [1.807, 2.05) is 84.9 Å². The third kappa shape index (κ3) is 4.67. The number of esters is 1. The van der Waals surface area contributed by atoms with Crippen molar-refractivity contribution in [1.29, 1.82) is 0 Å². The molecule has 0 unspecified atom stereocenters. The fraction of sp³-hybridized carbons (Fsp3) is 0.154. The Hall–Kier alpha value is -3.86. The van der Waals surface area contributed by atoms with Crippen molar-refractivity contribution in [1.82, 2.24) is 5.32 Å². The molecule has 0 saturated carbocycles. The van der Waals surface area contributed by atoms with Gasteiger partial charge in [-0.2, -0.15) is 0 Å². The number of nitrogens with one attached hydrogen (secondary N) is 1.